The zero-order valence-electron chi connectivity index (χ0n) is 11.3. The molecule has 2 N–H and O–H groups in total. The first kappa shape index (κ1) is 13.0. The fraction of sp³-hybridized carbons (Fsp3) is 0.118. The number of thiazole rings is 1. The van der Waals surface area contributed by atoms with E-state index in [2.05, 4.69) is 55.5 Å². The van der Waals surface area contributed by atoms with Gasteiger partial charge in [-0.15, -0.1) is 11.3 Å². The molecule has 3 aromatic rings. The van der Waals surface area contributed by atoms with Crippen molar-refractivity contribution in [1.82, 2.24) is 4.98 Å². The molecule has 0 aliphatic rings. The van der Waals surface area contributed by atoms with E-state index in [9.17, 15) is 0 Å². The Morgan fingerprint density at radius 1 is 1.00 bits per heavy atom. The molecule has 2 nitrogen and oxygen atoms in total. The first-order valence-corrected chi connectivity index (χ1v) is 7.42. The molecular formula is C17H16N2S. The fourth-order valence-corrected chi connectivity index (χ4v) is 3.19. The number of rotatable bonds is 3. The van der Waals surface area contributed by atoms with E-state index in [4.69, 9.17) is 10.7 Å². The van der Waals surface area contributed by atoms with Crippen LogP contribution >= 0.6 is 11.3 Å². The molecule has 20 heavy (non-hydrogen) atoms. The summed E-state index contributed by atoms with van der Waals surface area (Å²) in [6, 6.07) is 18.8. The molecule has 1 heterocycles. The van der Waals surface area contributed by atoms with Gasteiger partial charge in [0.05, 0.1) is 10.6 Å². The van der Waals surface area contributed by atoms with E-state index in [-0.39, 0.29) is 0 Å². The van der Waals surface area contributed by atoms with E-state index in [0.29, 0.717) is 6.54 Å². The Morgan fingerprint density at radius 2 is 1.75 bits per heavy atom. The second-order valence-electron chi connectivity index (χ2n) is 4.72. The minimum Gasteiger partial charge on any atom is -0.325 e. The molecule has 100 valence electrons. The van der Waals surface area contributed by atoms with Crippen LogP contribution in [0.1, 0.15) is 10.6 Å². The second kappa shape index (κ2) is 5.57. The molecule has 0 amide bonds. The van der Waals surface area contributed by atoms with E-state index in [1.807, 2.05) is 6.07 Å². The van der Waals surface area contributed by atoms with Crippen LogP contribution in [0, 0.1) is 6.92 Å². The van der Waals surface area contributed by atoms with Crippen LogP contribution in [-0.2, 0) is 6.54 Å². The number of aromatic nitrogens is 1. The van der Waals surface area contributed by atoms with Crippen LogP contribution in [0.25, 0.3) is 21.7 Å². The van der Waals surface area contributed by atoms with Gasteiger partial charge >= 0.3 is 0 Å². The summed E-state index contributed by atoms with van der Waals surface area (Å²) in [5.74, 6) is 0. The number of hydrogen-bond acceptors (Lipinski definition) is 3. The molecule has 0 aliphatic carbocycles. The third kappa shape index (κ3) is 2.50. The number of nitrogens with two attached hydrogens (primary N) is 1. The van der Waals surface area contributed by atoms with Gasteiger partial charge in [0.1, 0.15) is 5.01 Å². The van der Waals surface area contributed by atoms with Crippen LogP contribution in [0.2, 0.25) is 0 Å². The molecule has 3 heteroatoms. The highest BCUT2D eigenvalue weighted by atomic mass is 32.1. The number of aryl methyl sites for hydroxylation is 1. The third-order valence-corrected chi connectivity index (χ3v) is 4.30. The van der Waals surface area contributed by atoms with Gasteiger partial charge in [-0.25, -0.2) is 4.98 Å². The molecule has 0 fully saturated rings. The van der Waals surface area contributed by atoms with Crippen molar-refractivity contribution in [3.05, 3.63) is 65.2 Å². The standard InChI is InChI=1S/C17H16N2S/c1-12-6-5-9-14(10-12)16-17(20-15(11-18)19-16)13-7-3-2-4-8-13/h2-10H,11,18H2,1H3. The average Bonchev–Trinajstić information content (AvgIpc) is 2.92. The minimum absolute atomic E-state index is 0.482. The maximum absolute atomic E-state index is 5.77. The maximum Gasteiger partial charge on any atom is 0.107 e. The van der Waals surface area contributed by atoms with Crippen molar-refractivity contribution < 1.29 is 0 Å². The van der Waals surface area contributed by atoms with Crippen LogP contribution in [-0.4, -0.2) is 4.98 Å². The van der Waals surface area contributed by atoms with Crippen LogP contribution in [0.15, 0.2) is 54.6 Å². The Bertz CT molecular complexity index is 717. The van der Waals surface area contributed by atoms with Gasteiger partial charge in [-0.1, -0.05) is 54.1 Å². The molecule has 0 spiro atoms. The van der Waals surface area contributed by atoms with E-state index in [0.717, 1.165) is 16.3 Å². The smallest absolute Gasteiger partial charge is 0.107 e. The second-order valence-corrected chi connectivity index (χ2v) is 5.81. The van der Waals surface area contributed by atoms with Gasteiger partial charge in [0.25, 0.3) is 0 Å². The lowest BCUT2D eigenvalue weighted by molar-refractivity contribution is 1.04. The van der Waals surface area contributed by atoms with Crippen molar-refractivity contribution in [3.8, 4) is 21.7 Å². The summed E-state index contributed by atoms with van der Waals surface area (Å²) in [5, 5.41) is 0.973. The lowest BCUT2D eigenvalue weighted by Gasteiger charge is -2.03. The molecule has 0 saturated carbocycles. The van der Waals surface area contributed by atoms with Crippen LogP contribution in [0.5, 0.6) is 0 Å². The summed E-state index contributed by atoms with van der Waals surface area (Å²) in [7, 11) is 0. The lowest BCUT2D eigenvalue weighted by atomic mass is 10.1. The van der Waals surface area contributed by atoms with Crippen LogP contribution in [0.3, 0.4) is 0 Å². The van der Waals surface area contributed by atoms with Crippen molar-refractivity contribution in [3.63, 3.8) is 0 Å². The summed E-state index contributed by atoms with van der Waals surface area (Å²) in [4.78, 5) is 5.90. The Kier molecular flexibility index (Phi) is 3.63. The van der Waals surface area contributed by atoms with E-state index in [1.54, 1.807) is 11.3 Å². The van der Waals surface area contributed by atoms with Gasteiger partial charge in [-0.2, -0.15) is 0 Å². The lowest BCUT2D eigenvalue weighted by Crippen LogP contribution is -1.94. The first-order valence-electron chi connectivity index (χ1n) is 6.60. The van der Waals surface area contributed by atoms with Gasteiger partial charge in [0, 0.05) is 12.1 Å². The maximum atomic E-state index is 5.77. The Balaban J connectivity index is 2.18. The molecule has 0 aliphatic heterocycles. The SMILES string of the molecule is Cc1cccc(-c2nc(CN)sc2-c2ccccc2)c1. The molecule has 0 atom stereocenters. The number of benzene rings is 2. The Labute approximate surface area is 122 Å². The zero-order valence-corrected chi connectivity index (χ0v) is 12.2. The summed E-state index contributed by atoms with van der Waals surface area (Å²) >= 11 is 1.68. The molecule has 0 saturated heterocycles. The molecule has 3 rings (SSSR count). The number of hydrogen-bond donors (Lipinski definition) is 1. The largest absolute Gasteiger partial charge is 0.325 e. The minimum atomic E-state index is 0.482. The van der Waals surface area contributed by atoms with Gasteiger partial charge < -0.3 is 5.73 Å². The highest BCUT2D eigenvalue weighted by Gasteiger charge is 2.14. The van der Waals surface area contributed by atoms with Gasteiger partial charge in [-0.05, 0) is 18.6 Å². The molecule has 0 radical (unpaired) electrons. The van der Waals surface area contributed by atoms with Crippen molar-refractivity contribution in [2.24, 2.45) is 5.73 Å². The summed E-state index contributed by atoms with van der Waals surface area (Å²) in [5.41, 5.74) is 10.4. The molecule has 2 aromatic carbocycles. The summed E-state index contributed by atoms with van der Waals surface area (Å²) < 4.78 is 0. The van der Waals surface area contributed by atoms with Crippen molar-refractivity contribution in [2.45, 2.75) is 13.5 Å². The first-order chi connectivity index (χ1) is 9.78. The normalized spacial score (nSPS) is 10.7. The molecular weight excluding hydrogens is 264 g/mol. The fourth-order valence-electron chi connectivity index (χ4n) is 2.22. The van der Waals surface area contributed by atoms with Crippen LogP contribution in [0.4, 0.5) is 0 Å². The van der Waals surface area contributed by atoms with Gasteiger partial charge in [0.15, 0.2) is 0 Å². The zero-order chi connectivity index (χ0) is 13.9. The average molecular weight is 280 g/mol. The van der Waals surface area contributed by atoms with Crippen molar-refractivity contribution >= 4 is 11.3 Å². The summed E-state index contributed by atoms with van der Waals surface area (Å²) in [6.07, 6.45) is 0. The van der Waals surface area contributed by atoms with E-state index >= 15 is 0 Å². The molecule has 0 unspecified atom stereocenters. The molecule has 1 aromatic heterocycles. The quantitative estimate of drug-likeness (QED) is 0.779. The van der Waals surface area contributed by atoms with E-state index < -0.39 is 0 Å². The highest BCUT2D eigenvalue weighted by Crippen LogP contribution is 2.36. The van der Waals surface area contributed by atoms with E-state index in [1.165, 1.54) is 16.0 Å². The van der Waals surface area contributed by atoms with Gasteiger partial charge in [0.2, 0.25) is 0 Å². The third-order valence-electron chi connectivity index (χ3n) is 3.17. The monoisotopic (exact) mass is 280 g/mol. The topological polar surface area (TPSA) is 38.9 Å². The predicted molar refractivity (Wildman–Crippen MR) is 85.6 cm³/mol. The van der Waals surface area contributed by atoms with Crippen molar-refractivity contribution in [2.75, 3.05) is 0 Å². The predicted octanol–water partition coefficient (Wildman–Crippen LogP) is 4.24. The highest BCUT2D eigenvalue weighted by molar-refractivity contribution is 7.15. The Hall–Kier alpha value is -1.97. The van der Waals surface area contributed by atoms with Crippen LogP contribution < -0.4 is 5.73 Å². The Morgan fingerprint density at radius 3 is 2.45 bits per heavy atom. The van der Waals surface area contributed by atoms with Gasteiger partial charge in [-0.3, -0.25) is 0 Å². The number of nitrogens with zero attached hydrogens (tertiary/aromatic N) is 1. The molecule has 0 bridgehead atoms. The van der Waals surface area contributed by atoms with Crippen molar-refractivity contribution in [1.29, 1.82) is 0 Å². The summed E-state index contributed by atoms with van der Waals surface area (Å²) in [6.45, 7) is 2.58.